The van der Waals surface area contributed by atoms with Crippen LogP contribution in [0.1, 0.15) is 19.3 Å². The Kier molecular flexibility index (Phi) is 6.36. The summed E-state index contributed by atoms with van der Waals surface area (Å²) in [6.45, 7) is 0.875. The molecule has 0 spiro atoms. The maximum Gasteiger partial charge on any atom is 0.261 e. The zero-order chi connectivity index (χ0) is 12.7. The third-order valence-electron chi connectivity index (χ3n) is 2.93. The molecular weight excluding hydrogens is 232 g/mol. The van der Waals surface area contributed by atoms with Gasteiger partial charge >= 0.3 is 0 Å². The second-order valence-corrected chi connectivity index (χ2v) is 4.22. The first-order valence-corrected chi connectivity index (χ1v) is 5.88. The Labute approximate surface area is 99.5 Å². The molecule has 0 aromatic heterocycles. The topological polar surface area (TPSA) is 49.8 Å². The molecule has 17 heavy (non-hydrogen) atoms. The van der Waals surface area contributed by atoms with Gasteiger partial charge in [0.25, 0.3) is 6.43 Å². The predicted octanol–water partition coefficient (Wildman–Crippen LogP) is 0.889. The number of aliphatic hydroxyl groups excluding tert-OH is 1. The average molecular weight is 251 g/mol. The molecule has 1 heterocycles. The Bertz CT molecular complexity index is 231. The summed E-state index contributed by atoms with van der Waals surface area (Å²) in [5.41, 5.74) is 0. The number of aliphatic hydroxyl groups is 1. The lowest BCUT2D eigenvalue weighted by Gasteiger charge is -2.31. The van der Waals surface area contributed by atoms with Gasteiger partial charge < -0.3 is 14.7 Å². The molecule has 100 valence electrons. The number of carbonyl (C=O) groups is 1. The summed E-state index contributed by atoms with van der Waals surface area (Å²) in [7, 11) is 0. The molecule has 1 N–H and O–H groups in total. The van der Waals surface area contributed by atoms with Crippen molar-refractivity contribution in [3.05, 3.63) is 0 Å². The zero-order valence-corrected chi connectivity index (χ0v) is 9.78. The van der Waals surface area contributed by atoms with Gasteiger partial charge in [-0.25, -0.2) is 8.78 Å². The van der Waals surface area contributed by atoms with Crippen molar-refractivity contribution in [3.63, 3.8) is 0 Å². The van der Waals surface area contributed by atoms with Crippen molar-refractivity contribution in [1.29, 1.82) is 0 Å². The maximum atomic E-state index is 11.8. The van der Waals surface area contributed by atoms with E-state index in [2.05, 4.69) is 4.74 Å². The van der Waals surface area contributed by atoms with Crippen molar-refractivity contribution < 1.29 is 23.4 Å². The van der Waals surface area contributed by atoms with Gasteiger partial charge in [0.05, 0.1) is 13.0 Å². The molecule has 6 heteroatoms. The molecule has 0 aromatic carbocycles. The first-order valence-electron chi connectivity index (χ1n) is 5.88. The molecule has 0 saturated carbocycles. The lowest BCUT2D eigenvalue weighted by molar-refractivity contribution is -0.134. The van der Waals surface area contributed by atoms with E-state index in [4.69, 9.17) is 5.11 Å². The number of rotatable bonds is 6. The maximum absolute atomic E-state index is 11.8. The monoisotopic (exact) mass is 251 g/mol. The molecule has 1 aliphatic heterocycles. The van der Waals surface area contributed by atoms with Gasteiger partial charge in [-0.2, -0.15) is 0 Å². The van der Waals surface area contributed by atoms with Crippen LogP contribution < -0.4 is 0 Å². The van der Waals surface area contributed by atoms with Crippen LogP contribution in [0, 0.1) is 5.92 Å². The number of likely N-dealkylation sites (tertiary alicyclic amines) is 1. The minimum absolute atomic E-state index is 0.0447. The lowest BCUT2D eigenvalue weighted by atomic mass is 9.98. The van der Waals surface area contributed by atoms with E-state index in [0.717, 1.165) is 12.8 Å². The SMILES string of the molecule is O=C(CCOCC(F)F)N1CCC(CO)CC1. The second kappa shape index (κ2) is 7.55. The van der Waals surface area contributed by atoms with E-state index in [1.807, 2.05) is 0 Å². The van der Waals surface area contributed by atoms with E-state index >= 15 is 0 Å². The largest absolute Gasteiger partial charge is 0.396 e. The van der Waals surface area contributed by atoms with Crippen LogP contribution in [0.2, 0.25) is 0 Å². The third kappa shape index (κ3) is 5.41. The highest BCUT2D eigenvalue weighted by molar-refractivity contribution is 5.76. The van der Waals surface area contributed by atoms with Gasteiger partial charge in [-0.1, -0.05) is 0 Å². The molecule has 1 saturated heterocycles. The second-order valence-electron chi connectivity index (χ2n) is 4.22. The molecule has 0 aromatic rings. The molecule has 0 radical (unpaired) electrons. The number of hydrogen-bond acceptors (Lipinski definition) is 3. The van der Waals surface area contributed by atoms with Crippen LogP contribution in [0.3, 0.4) is 0 Å². The first kappa shape index (κ1) is 14.3. The Morgan fingerprint density at radius 2 is 2.06 bits per heavy atom. The highest BCUT2D eigenvalue weighted by Crippen LogP contribution is 2.16. The molecule has 0 aliphatic carbocycles. The van der Waals surface area contributed by atoms with Crippen molar-refractivity contribution in [2.24, 2.45) is 5.92 Å². The lowest BCUT2D eigenvalue weighted by Crippen LogP contribution is -2.39. The highest BCUT2D eigenvalue weighted by atomic mass is 19.3. The van der Waals surface area contributed by atoms with Crippen molar-refractivity contribution in [2.45, 2.75) is 25.7 Å². The number of piperidine rings is 1. The number of hydrogen-bond donors (Lipinski definition) is 1. The van der Waals surface area contributed by atoms with Crippen LogP contribution in [0.4, 0.5) is 8.78 Å². The minimum Gasteiger partial charge on any atom is -0.396 e. The summed E-state index contributed by atoms with van der Waals surface area (Å²) in [6.07, 6.45) is -0.720. The summed E-state index contributed by atoms with van der Waals surface area (Å²) < 4.78 is 28.2. The summed E-state index contributed by atoms with van der Waals surface area (Å²) in [5.74, 6) is 0.227. The van der Waals surface area contributed by atoms with Crippen molar-refractivity contribution >= 4 is 5.91 Å². The molecule has 1 aliphatic rings. The number of amides is 1. The highest BCUT2D eigenvalue weighted by Gasteiger charge is 2.21. The standard InChI is InChI=1S/C11H19F2NO3/c12-10(13)8-17-6-3-11(16)14-4-1-9(7-15)2-5-14/h9-10,15H,1-8H2. The van der Waals surface area contributed by atoms with Crippen molar-refractivity contribution in [2.75, 3.05) is 32.9 Å². The van der Waals surface area contributed by atoms with E-state index in [9.17, 15) is 13.6 Å². The van der Waals surface area contributed by atoms with E-state index in [-0.39, 0.29) is 31.5 Å². The summed E-state index contributed by atoms with van der Waals surface area (Å²) in [4.78, 5) is 13.3. The summed E-state index contributed by atoms with van der Waals surface area (Å²) in [6, 6.07) is 0. The molecular formula is C11H19F2NO3. The molecule has 1 amide bonds. The van der Waals surface area contributed by atoms with E-state index in [1.165, 1.54) is 0 Å². The number of ether oxygens (including phenoxy) is 1. The van der Waals surface area contributed by atoms with Crippen LogP contribution in [0.25, 0.3) is 0 Å². The molecule has 0 bridgehead atoms. The number of carbonyl (C=O) groups excluding carboxylic acids is 1. The predicted molar refractivity (Wildman–Crippen MR) is 57.8 cm³/mol. The quantitative estimate of drug-likeness (QED) is 0.713. The van der Waals surface area contributed by atoms with Gasteiger partial charge in [-0.15, -0.1) is 0 Å². The van der Waals surface area contributed by atoms with E-state index < -0.39 is 13.0 Å². The van der Waals surface area contributed by atoms with Gasteiger partial charge in [-0.3, -0.25) is 4.79 Å². The van der Waals surface area contributed by atoms with Crippen LogP contribution in [0.5, 0.6) is 0 Å². The van der Waals surface area contributed by atoms with Gasteiger partial charge in [0, 0.05) is 19.7 Å². The first-order chi connectivity index (χ1) is 8.13. The Hall–Kier alpha value is -0.750. The van der Waals surface area contributed by atoms with Crippen LogP contribution >= 0.6 is 0 Å². The summed E-state index contributed by atoms with van der Waals surface area (Å²) >= 11 is 0. The molecule has 0 unspecified atom stereocenters. The van der Waals surface area contributed by atoms with Gasteiger partial charge in [0.2, 0.25) is 5.91 Å². The zero-order valence-electron chi connectivity index (χ0n) is 9.78. The summed E-state index contributed by atoms with van der Waals surface area (Å²) in [5, 5.41) is 8.95. The Balaban J connectivity index is 2.12. The average Bonchev–Trinajstić information content (AvgIpc) is 2.34. The normalized spacial score (nSPS) is 17.8. The number of alkyl halides is 2. The van der Waals surface area contributed by atoms with Crippen LogP contribution in [0.15, 0.2) is 0 Å². The molecule has 1 rings (SSSR count). The number of nitrogens with zero attached hydrogens (tertiary/aromatic N) is 1. The minimum atomic E-state index is -2.48. The van der Waals surface area contributed by atoms with E-state index in [1.54, 1.807) is 4.90 Å². The number of halogens is 2. The Morgan fingerprint density at radius 3 is 2.59 bits per heavy atom. The van der Waals surface area contributed by atoms with Gasteiger partial charge in [-0.05, 0) is 18.8 Å². The van der Waals surface area contributed by atoms with Crippen LogP contribution in [-0.4, -0.2) is 55.2 Å². The molecule has 0 atom stereocenters. The van der Waals surface area contributed by atoms with E-state index in [0.29, 0.717) is 13.1 Å². The fourth-order valence-electron chi connectivity index (χ4n) is 1.85. The van der Waals surface area contributed by atoms with Gasteiger partial charge in [0.1, 0.15) is 6.61 Å². The Morgan fingerprint density at radius 1 is 1.41 bits per heavy atom. The molecule has 1 fully saturated rings. The smallest absolute Gasteiger partial charge is 0.261 e. The fourth-order valence-corrected chi connectivity index (χ4v) is 1.85. The van der Waals surface area contributed by atoms with Crippen molar-refractivity contribution in [3.8, 4) is 0 Å². The molecule has 4 nitrogen and oxygen atoms in total. The third-order valence-corrected chi connectivity index (χ3v) is 2.93. The van der Waals surface area contributed by atoms with Crippen molar-refractivity contribution in [1.82, 2.24) is 4.90 Å². The van der Waals surface area contributed by atoms with Crippen LogP contribution in [-0.2, 0) is 9.53 Å². The van der Waals surface area contributed by atoms with Gasteiger partial charge in [0.15, 0.2) is 0 Å². The fraction of sp³-hybridized carbons (Fsp3) is 0.909.